The Labute approximate surface area is 253 Å². The van der Waals surface area contributed by atoms with E-state index >= 15 is 0 Å². The Morgan fingerprint density at radius 1 is 1.19 bits per heavy atom. The van der Waals surface area contributed by atoms with Crippen LogP contribution in [0.4, 0.5) is 17.6 Å². The quantitative estimate of drug-likeness (QED) is 0.282. The second-order valence-electron chi connectivity index (χ2n) is 11.3. The summed E-state index contributed by atoms with van der Waals surface area (Å²) in [5.41, 5.74) is 0.686. The Kier molecular flexibility index (Phi) is 7.27. The lowest BCUT2D eigenvalue weighted by molar-refractivity contribution is -0.134. The number of carbonyl (C=O) groups is 2. The Morgan fingerprint density at radius 3 is 2.65 bits per heavy atom. The monoisotopic (exact) mass is 612 g/mol. The van der Waals surface area contributed by atoms with E-state index in [0.29, 0.717) is 22.5 Å². The van der Waals surface area contributed by atoms with Crippen LogP contribution in [-0.2, 0) is 16.0 Å². The molecule has 0 unspecified atom stereocenters. The Bertz CT molecular complexity index is 1620. The minimum absolute atomic E-state index is 0.0369. The van der Waals surface area contributed by atoms with Gasteiger partial charge in [-0.25, -0.2) is 27.1 Å². The second-order valence-corrected chi connectivity index (χ2v) is 11.3. The van der Waals surface area contributed by atoms with Crippen molar-refractivity contribution in [3.8, 4) is 0 Å². The fraction of sp³-hybridized carbons (Fsp3) is 0.621. The number of nitrogens with one attached hydrogen (secondary N) is 2. The molecule has 0 bridgehead atoms. The fourth-order valence-corrected chi connectivity index (χ4v) is 5.76. The zero-order valence-corrected chi connectivity index (χ0v) is 23.5. The summed E-state index contributed by atoms with van der Waals surface area (Å²) in [4.78, 5) is 30.9. The molecule has 0 aromatic carbocycles. The molecule has 2 N–H and O–H groups in total. The van der Waals surface area contributed by atoms with Crippen LogP contribution in [0.25, 0.3) is 5.65 Å². The molecule has 0 radical (unpaired) electrons. The smallest absolute Gasteiger partial charge is 0.270 e. The number of imidazole rings is 1. The number of nitrogens with zero attached hydrogens (tertiary/aromatic N) is 5. The summed E-state index contributed by atoms with van der Waals surface area (Å²) in [6.45, 7) is -3.98. The summed E-state index contributed by atoms with van der Waals surface area (Å²) in [6.07, 6.45) is 2.57. The molecule has 43 heavy (non-hydrogen) atoms. The summed E-state index contributed by atoms with van der Waals surface area (Å²) in [5.74, 6) is -7.82. The zero-order chi connectivity index (χ0) is 35.1. The molecule has 3 aromatic rings. The van der Waals surface area contributed by atoms with Gasteiger partial charge in [-0.2, -0.15) is 10.2 Å². The average molecular weight is 613 g/mol. The molecule has 2 amide bonds. The molecule has 10 nitrogen and oxygen atoms in total. The first-order chi connectivity index (χ1) is 22.4. The number of ether oxygens (including phenoxy) is 1. The molecule has 234 valence electrons. The van der Waals surface area contributed by atoms with E-state index in [1.165, 1.54) is 16.9 Å². The Balaban J connectivity index is 1.41. The van der Waals surface area contributed by atoms with Gasteiger partial charge in [-0.05, 0) is 50.6 Å². The molecule has 2 saturated carbocycles. The maximum atomic E-state index is 14.1. The number of alkyl halides is 4. The van der Waals surface area contributed by atoms with Crippen LogP contribution in [0.1, 0.15) is 99.4 Å². The van der Waals surface area contributed by atoms with Gasteiger partial charge in [-0.15, -0.1) is 0 Å². The number of hydrogen-bond acceptors (Lipinski definition) is 6. The minimum Gasteiger partial charge on any atom is -0.379 e. The average Bonchev–Trinajstić information content (AvgIpc) is 3.64. The van der Waals surface area contributed by atoms with Gasteiger partial charge >= 0.3 is 0 Å². The second kappa shape index (κ2) is 12.6. The van der Waals surface area contributed by atoms with Crippen LogP contribution in [0, 0.1) is 11.8 Å². The predicted molar refractivity (Wildman–Crippen MR) is 148 cm³/mol. The number of halogens is 4. The third-order valence-corrected chi connectivity index (χ3v) is 8.05. The lowest BCUT2D eigenvalue weighted by Crippen LogP contribution is -2.40. The van der Waals surface area contributed by atoms with Gasteiger partial charge in [0.15, 0.2) is 5.65 Å². The highest BCUT2D eigenvalue weighted by atomic mass is 19.3. The van der Waals surface area contributed by atoms with Crippen LogP contribution in [0.5, 0.6) is 0 Å². The molecule has 14 heteroatoms. The molecule has 0 saturated heterocycles. The molecule has 0 aliphatic heterocycles. The van der Waals surface area contributed by atoms with Crippen LogP contribution in [0.3, 0.4) is 0 Å². The van der Waals surface area contributed by atoms with E-state index < -0.39 is 73.8 Å². The van der Waals surface area contributed by atoms with E-state index in [0.717, 1.165) is 12.3 Å². The highest BCUT2D eigenvalue weighted by molar-refractivity contribution is 5.92. The van der Waals surface area contributed by atoms with Crippen LogP contribution < -0.4 is 10.6 Å². The van der Waals surface area contributed by atoms with Gasteiger partial charge in [0.1, 0.15) is 5.69 Å². The first kappa shape index (κ1) is 24.8. The molecular weight excluding hydrogens is 570 g/mol. The van der Waals surface area contributed by atoms with Crippen molar-refractivity contribution >= 4 is 17.5 Å². The van der Waals surface area contributed by atoms with Crippen molar-refractivity contribution in [3.63, 3.8) is 0 Å². The lowest BCUT2D eigenvalue weighted by Gasteiger charge is -2.34. The maximum absolute atomic E-state index is 14.1. The number of amides is 2. The molecule has 2 fully saturated rings. The largest absolute Gasteiger partial charge is 0.379 e. The number of aryl methyl sites for hydroxylation is 1. The molecule has 2 aliphatic rings. The van der Waals surface area contributed by atoms with Gasteiger partial charge in [0.05, 0.1) is 39.5 Å². The molecule has 2 aliphatic carbocycles. The summed E-state index contributed by atoms with van der Waals surface area (Å²) >= 11 is 0. The van der Waals surface area contributed by atoms with Crippen LogP contribution >= 0.6 is 0 Å². The van der Waals surface area contributed by atoms with E-state index in [2.05, 4.69) is 25.8 Å². The molecule has 3 aromatic heterocycles. The molecule has 0 spiro atoms. The van der Waals surface area contributed by atoms with E-state index in [-0.39, 0.29) is 50.1 Å². The van der Waals surface area contributed by atoms with Crippen molar-refractivity contribution in [2.75, 3.05) is 13.2 Å². The van der Waals surface area contributed by atoms with Crippen molar-refractivity contribution in [2.45, 2.75) is 89.1 Å². The molecule has 2 atom stereocenters. The summed E-state index contributed by atoms with van der Waals surface area (Å²) < 4.78 is 101. The predicted octanol–water partition coefficient (Wildman–Crippen LogP) is 4.87. The first-order valence-electron chi connectivity index (χ1n) is 16.7. The number of hydrogen-bond donors (Lipinski definition) is 2. The fourth-order valence-electron chi connectivity index (χ4n) is 5.76. The lowest BCUT2D eigenvalue weighted by atomic mass is 9.79. The summed E-state index contributed by atoms with van der Waals surface area (Å²) in [6, 6.07) is 1.16. The van der Waals surface area contributed by atoms with Gasteiger partial charge < -0.3 is 15.4 Å². The van der Waals surface area contributed by atoms with Crippen LogP contribution in [0.15, 0.2) is 30.7 Å². The highest BCUT2D eigenvalue weighted by Gasteiger charge is 2.46. The number of fused-ring (bicyclic) bond motifs is 1. The minimum atomic E-state index is -3.15. The number of aromatic nitrogens is 5. The highest BCUT2D eigenvalue weighted by Crippen LogP contribution is 2.44. The SMILES string of the molecule is [2H]C([2H])([2H])C([2H])([2H])n1nccc1C(=O)N[C@H](c1cn2ncc([C@@H](COCC)NC(=O)CC3CC(F)(F)C3)cc2n1)C1CCC(F)(F)CC1. The van der Waals surface area contributed by atoms with E-state index in [1.807, 2.05) is 0 Å². The van der Waals surface area contributed by atoms with Gasteiger partial charge in [0.2, 0.25) is 17.8 Å². The standard InChI is InChI=1S/C29H37F4N7O3/c1-3-39-23(7-10-34-39)27(42)38-26(19-5-8-28(30,31)9-6-19)21-16-40-24(36-21)12-20(15-35-40)22(17-43-4-2)37-25(41)11-18-13-29(32,33)14-18/h7,10,12,15-16,18-19,22,26H,3-6,8-9,11,13-14,17H2,1-2H3,(H,37,41)(H,38,42)/t22-,26+/m1/s1/i1D3,3D2. The van der Waals surface area contributed by atoms with Crippen molar-refractivity contribution in [3.05, 3.63) is 47.7 Å². The van der Waals surface area contributed by atoms with E-state index in [4.69, 9.17) is 11.6 Å². The topological polar surface area (TPSA) is 115 Å². The van der Waals surface area contributed by atoms with Crippen LogP contribution in [0.2, 0.25) is 0 Å². The van der Waals surface area contributed by atoms with Gasteiger partial charge in [-0.1, -0.05) is 0 Å². The van der Waals surface area contributed by atoms with Crippen molar-refractivity contribution in [1.82, 2.24) is 35.0 Å². The van der Waals surface area contributed by atoms with Crippen molar-refractivity contribution in [1.29, 1.82) is 0 Å². The molecular formula is C29H37F4N7O3. The van der Waals surface area contributed by atoms with E-state index in [1.54, 1.807) is 13.0 Å². The maximum Gasteiger partial charge on any atom is 0.270 e. The zero-order valence-electron chi connectivity index (χ0n) is 28.5. The van der Waals surface area contributed by atoms with Crippen molar-refractivity contribution < 1.29 is 38.7 Å². The third kappa shape index (κ3) is 7.34. The Morgan fingerprint density at radius 2 is 1.95 bits per heavy atom. The van der Waals surface area contributed by atoms with E-state index in [9.17, 15) is 27.2 Å². The van der Waals surface area contributed by atoms with Gasteiger partial charge in [0.25, 0.3) is 5.91 Å². The Hall–Kier alpha value is -3.55. The van der Waals surface area contributed by atoms with Gasteiger partial charge in [-0.3, -0.25) is 14.3 Å². The number of carbonyl (C=O) groups excluding carboxylic acids is 2. The number of rotatable bonds is 12. The van der Waals surface area contributed by atoms with Gasteiger partial charge in [0, 0.05) is 61.1 Å². The summed E-state index contributed by atoms with van der Waals surface area (Å²) in [7, 11) is 0. The third-order valence-electron chi connectivity index (χ3n) is 8.05. The van der Waals surface area contributed by atoms with Crippen LogP contribution in [-0.4, -0.2) is 61.3 Å². The van der Waals surface area contributed by atoms with Crippen molar-refractivity contribution in [2.24, 2.45) is 11.8 Å². The normalized spacial score (nSPS) is 22.3. The summed E-state index contributed by atoms with van der Waals surface area (Å²) in [5, 5.41) is 13.7. The molecule has 3 heterocycles. The molecule has 5 rings (SSSR count). The first-order valence-corrected chi connectivity index (χ1v) is 14.2.